The van der Waals surface area contributed by atoms with Crippen LogP contribution in [0, 0.1) is 0 Å². The summed E-state index contributed by atoms with van der Waals surface area (Å²) in [5, 5.41) is 3.55. The van der Waals surface area contributed by atoms with Crippen LogP contribution in [0.1, 0.15) is 13.3 Å². The van der Waals surface area contributed by atoms with E-state index in [4.69, 9.17) is 16.3 Å². The number of rotatable bonds is 4. The van der Waals surface area contributed by atoms with Crippen molar-refractivity contribution in [3.05, 3.63) is 29.3 Å². The number of nitrogens with zero attached hydrogens (tertiary/aromatic N) is 1. The van der Waals surface area contributed by atoms with Crippen molar-refractivity contribution in [2.45, 2.75) is 19.4 Å². The Morgan fingerprint density at radius 1 is 1.47 bits per heavy atom. The van der Waals surface area contributed by atoms with Crippen LogP contribution in [-0.2, 0) is 9.53 Å². The molecule has 1 N–H and O–H groups in total. The summed E-state index contributed by atoms with van der Waals surface area (Å²) < 4.78 is 5.32. The van der Waals surface area contributed by atoms with Gasteiger partial charge in [0, 0.05) is 23.8 Å². The number of carbonyl (C=O) groups excluding carboxylic acids is 1. The molecule has 0 radical (unpaired) electrons. The zero-order valence-corrected chi connectivity index (χ0v) is 11.8. The Morgan fingerprint density at radius 3 is 2.84 bits per heavy atom. The highest BCUT2D eigenvalue weighted by molar-refractivity contribution is 6.30. The van der Waals surface area contributed by atoms with Gasteiger partial charge >= 0.3 is 0 Å². The Kier molecular flexibility index (Phi) is 5.19. The fraction of sp³-hybridized carbons (Fsp3) is 0.500. The molecule has 1 aromatic rings. The predicted octanol–water partition coefficient (Wildman–Crippen LogP) is 2.39. The molecule has 0 aliphatic carbocycles. The molecule has 0 spiro atoms. The molecule has 4 nitrogen and oxygen atoms in total. The second kappa shape index (κ2) is 6.89. The molecule has 0 bridgehead atoms. The molecule has 1 aliphatic rings. The van der Waals surface area contributed by atoms with E-state index < -0.39 is 0 Å². The number of benzene rings is 1. The summed E-state index contributed by atoms with van der Waals surface area (Å²) in [6.07, 6.45) is 0.784. The summed E-state index contributed by atoms with van der Waals surface area (Å²) in [6, 6.07) is 7.11. The lowest BCUT2D eigenvalue weighted by atomic mass is 10.1. The fourth-order valence-corrected chi connectivity index (χ4v) is 2.48. The molecule has 5 heteroatoms. The Bertz CT molecular complexity index is 433. The van der Waals surface area contributed by atoms with Crippen LogP contribution >= 0.6 is 11.6 Å². The van der Waals surface area contributed by atoms with Gasteiger partial charge in [0.1, 0.15) is 0 Å². The van der Waals surface area contributed by atoms with Crippen LogP contribution in [0.2, 0.25) is 5.02 Å². The van der Waals surface area contributed by atoms with Crippen LogP contribution in [0.15, 0.2) is 24.3 Å². The Balaban J connectivity index is 2.00. The maximum atomic E-state index is 12.3. The van der Waals surface area contributed by atoms with Gasteiger partial charge in [-0.25, -0.2) is 0 Å². The second-order valence-corrected chi connectivity index (χ2v) is 5.01. The highest BCUT2D eigenvalue weighted by atomic mass is 35.5. The van der Waals surface area contributed by atoms with Crippen LogP contribution in [0.5, 0.6) is 0 Å². The summed E-state index contributed by atoms with van der Waals surface area (Å²) in [5.41, 5.74) is 0.740. The summed E-state index contributed by atoms with van der Waals surface area (Å²) in [4.78, 5) is 14.5. The molecule has 1 atom stereocenters. The van der Waals surface area contributed by atoms with Crippen LogP contribution in [0.4, 0.5) is 5.69 Å². The third-order valence-corrected chi connectivity index (χ3v) is 3.50. The molecular formula is C14H19ClN2O2. The van der Waals surface area contributed by atoms with E-state index in [1.54, 1.807) is 12.1 Å². The van der Waals surface area contributed by atoms with Gasteiger partial charge < -0.3 is 10.1 Å². The van der Waals surface area contributed by atoms with E-state index in [2.05, 4.69) is 10.2 Å². The number of carbonyl (C=O) groups is 1. The molecular weight excluding hydrogens is 264 g/mol. The van der Waals surface area contributed by atoms with Gasteiger partial charge in [0.05, 0.1) is 19.3 Å². The van der Waals surface area contributed by atoms with E-state index in [9.17, 15) is 4.79 Å². The molecule has 1 heterocycles. The van der Waals surface area contributed by atoms with Crippen molar-refractivity contribution in [2.24, 2.45) is 0 Å². The standard InChI is InChI=1S/C14H19ClN2O2/c1-2-13(17-6-8-19-9-7-17)14(18)16-12-5-3-4-11(15)10-12/h3-5,10,13H,2,6-9H2,1H3,(H,16,18). The summed E-state index contributed by atoms with van der Waals surface area (Å²) in [5.74, 6) is 0.0201. The maximum absolute atomic E-state index is 12.3. The first-order valence-electron chi connectivity index (χ1n) is 6.59. The molecule has 19 heavy (non-hydrogen) atoms. The highest BCUT2D eigenvalue weighted by Gasteiger charge is 2.25. The van der Waals surface area contributed by atoms with Gasteiger partial charge in [0.15, 0.2) is 0 Å². The van der Waals surface area contributed by atoms with Crippen LogP contribution in [0.25, 0.3) is 0 Å². The minimum Gasteiger partial charge on any atom is -0.379 e. The van der Waals surface area contributed by atoms with Gasteiger partial charge in [-0.3, -0.25) is 9.69 Å². The maximum Gasteiger partial charge on any atom is 0.241 e. The molecule has 1 saturated heterocycles. The molecule has 1 fully saturated rings. The topological polar surface area (TPSA) is 41.6 Å². The van der Waals surface area contributed by atoms with Crippen molar-refractivity contribution >= 4 is 23.2 Å². The predicted molar refractivity (Wildman–Crippen MR) is 76.6 cm³/mol. The normalized spacial score (nSPS) is 18.0. The van der Waals surface area contributed by atoms with Crippen molar-refractivity contribution in [1.29, 1.82) is 0 Å². The fourth-order valence-electron chi connectivity index (χ4n) is 2.29. The average molecular weight is 283 g/mol. The number of morpholine rings is 1. The van der Waals surface area contributed by atoms with E-state index in [0.717, 1.165) is 25.2 Å². The number of halogens is 1. The lowest BCUT2D eigenvalue weighted by molar-refractivity contribution is -0.123. The van der Waals surface area contributed by atoms with Crippen LogP contribution in [0.3, 0.4) is 0 Å². The van der Waals surface area contributed by atoms with Gasteiger partial charge in [-0.2, -0.15) is 0 Å². The molecule has 0 saturated carbocycles. The summed E-state index contributed by atoms with van der Waals surface area (Å²) in [6.45, 7) is 5.03. The van der Waals surface area contributed by atoms with Gasteiger partial charge in [-0.1, -0.05) is 24.6 Å². The van der Waals surface area contributed by atoms with E-state index in [1.165, 1.54) is 0 Å². The quantitative estimate of drug-likeness (QED) is 0.922. The highest BCUT2D eigenvalue weighted by Crippen LogP contribution is 2.16. The monoisotopic (exact) mass is 282 g/mol. The van der Waals surface area contributed by atoms with E-state index >= 15 is 0 Å². The minimum atomic E-state index is -0.108. The first-order chi connectivity index (χ1) is 9.20. The molecule has 1 aromatic carbocycles. The van der Waals surface area contributed by atoms with Crippen molar-refractivity contribution < 1.29 is 9.53 Å². The largest absolute Gasteiger partial charge is 0.379 e. The van der Waals surface area contributed by atoms with Crippen molar-refractivity contribution in [1.82, 2.24) is 4.90 Å². The SMILES string of the molecule is CCC(C(=O)Nc1cccc(Cl)c1)N1CCOCC1. The Morgan fingerprint density at radius 2 is 2.21 bits per heavy atom. The van der Waals surface area contributed by atoms with Gasteiger partial charge in [0.2, 0.25) is 5.91 Å². The molecule has 2 rings (SSSR count). The number of ether oxygens (including phenoxy) is 1. The molecule has 1 amide bonds. The average Bonchev–Trinajstić information content (AvgIpc) is 2.41. The number of hydrogen-bond donors (Lipinski definition) is 1. The van der Waals surface area contributed by atoms with E-state index in [0.29, 0.717) is 18.2 Å². The number of anilines is 1. The first kappa shape index (κ1) is 14.3. The van der Waals surface area contributed by atoms with Crippen LogP contribution in [-0.4, -0.2) is 43.2 Å². The lowest BCUT2D eigenvalue weighted by Gasteiger charge is -2.32. The van der Waals surface area contributed by atoms with Crippen molar-refractivity contribution in [2.75, 3.05) is 31.6 Å². The number of nitrogens with one attached hydrogen (secondary N) is 1. The number of hydrogen-bond acceptors (Lipinski definition) is 3. The molecule has 1 aliphatic heterocycles. The van der Waals surface area contributed by atoms with Crippen molar-refractivity contribution in [3.8, 4) is 0 Å². The zero-order chi connectivity index (χ0) is 13.7. The third kappa shape index (κ3) is 3.93. The Hall–Kier alpha value is -1.10. The molecule has 0 aromatic heterocycles. The summed E-state index contributed by atoms with van der Waals surface area (Å²) in [7, 11) is 0. The third-order valence-electron chi connectivity index (χ3n) is 3.27. The van der Waals surface area contributed by atoms with Gasteiger partial charge in [-0.05, 0) is 24.6 Å². The second-order valence-electron chi connectivity index (χ2n) is 4.57. The number of amides is 1. The van der Waals surface area contributed by atoms with E-state index in [1.807, 2.05) is 19.1 Å². The first-order valence-corrected chi connectivity index (χ1v) is 6.96. The minimum absolute atomic E-state index is 0.0201. The summed E-state index contributed by atoms with van der Waals surface area (Å²) >= 11 is 5.91. The zero-order valence-electron chi connectivity index (χ0n) is 11.1. The molecule has 104 valence electrons. The van der Waals surface area contributed by atoms with Gasteiger partial charge in [0.25, 0.3) is 0 Å². The van der Waals surface area contributed by atoms with Gasteiger partial charge in [-0.15, -0.1) is 0 Å². The molecule has 1 unspecified atom stereocenters. The lowest BCUT2D eigenvalue weighted by Crippen LogP contribution is -2.48. The smallest absolute Gasteiger partial charge is 0.241 e. The van der Waals surface area contributed by atoms with E-state index in [-0.39, 0.29) is 11.9 Å². The van der Waals surface area contributed by atoms with Crippen molar-refractivity contribution in [3.63, 3.8) is 0 Å². The van der Waals surface area contributed by atoms with Crippen LogP contribution < -0.4 is 5.32 Å². The Labute approximate surface area is 118 Å².